The summed E-state index contributed by atoms with van der Waals surface area (Å²) in [5.41, 5.74) is 0.964. The highest BCUT2D eigenvalue weighted by atomic mass is 16.5. The molecule has 0 aliphatic rings. The summed E-state index contributed by atoms with van der Waals surface area (Å²) >= 11 is 0. The summed E-state index contributed by atoms with van der Waals surface area (Å²) in [5, 5.41) is 3.35. The molecule has 16 heavy (non-hydrogen) atoms. The van der Waals surface area contributed by atoms with Crippen LogP contribution in [0.15, 0.2) is 18.6 Å². The van der Waals surface area contributed by atoms with Crippen molar-refractivity contribution in [2.45, 2.75) is 26.8 Å². The van der Waals surface area contributed by atoms with Crippen LogP contribution in [0.4, 0.5) is 0 Å². The minimum atomic E-state index is 0.219. The fourth-order valence-electron chi connectivity index (χ4n) is 1.31. The van der Waals surface area contributed by atoms with E-state index in [1.807, 2.05) is 0 Å². The molecule has 1 aromatic rings. The van der Waals surface area contributed by atoms with Gasteiger partial charge >= 0.3 is 0 Å². The minimum absolute atomic E-state index is 0.219. The van der Waals surface area contributed by atoms with E-state index in [9.17, 15) is 0 Å². The molecule has 0 radical (unpaired) electrons. The van der Waals surface area contributed by atoms with Gasteiger partial charge in [0.2, 0.25) is 0 Å². The van der Waals surface area contributed by atoms with Crippen molar-refractivity contribution in [3.8, 4) is 0 Å². The van der Waals surface area contributed by atoms with Gasteiger partial charge < -0.3 is 10.1 Å². The lowest BCUT2D eigenvalue weighted by atomic mass is 10.2. The van der Waals surface area contributed by atoms with Crippen LogP contribution < -0.4 is 5.32 Å². The van der Waals surface area contributed by atoms with E-state index in [0.29, 0.717) is 5.92 Å². The summed E-state index contributed by atoms with van der Waals surface area (Å²) in [6.45, 7) is 8.77. The lowest BCUT2D eigenvalue weighted by Crippen LogP contribution is -2.24. The predicted octanol–water partition coefficient (Wildman–Crippen LogP) is 1.80. The molecular formula is C12H21N3O. The Hall–Kier alpha value is -1.00. The Morgan fingerprint density at radius 1 is 1.31 bits per heavy atom. The zero-order valence-electron chi connectivity index (χ0n) is 10.3. The molecule has 90 valence electrons. The highest BCUT2D eigenvalue weighted by Gasteiger charge is 2.04. The average molecular weight is 223 g/mol. The SMILES string of the molecule is CC(C)COCCNC(C)c1cnccn1. The van der Waals surface area contributed by atoms with Gasteiger partial charge in [-0.05, 0) is 12.8 Å². The second-order valence-electron chi connectivity index (χ2n) is 4.27. The first kappa shape index (κ1) is 13.1. The van der Waals surface area contributed by atoms with Gasteiger partial charge in [-0.15, -0.1) is 0 Å². The fraction of sp³-hybridized carbons (Fsp3) is 0.667. The van der Waals surface area contributed by atoms with Crippen LogP contribution in [0.2, 0.25) is 0 Å². The number of ether oxygens (including phenoxy) is 1. The zero-order valence-corrected chi connectivity index (χ0v) is 10.3. The smallest absolute Gasteiger partial charge is 0.0753 e. The molecule has 0 aliphatic heterocycles. The molecule has 1 N–H and O–H groups in total. The van der Waals surface area contributed by atoms with Gasteiger partial charge in [-0.2, -0.15) is 0 Å². The Bertz CT molecular complexity index is 277. The number of hydrogen-bond acceptors (Lipinski definition) is 4. The molecule has 0 saturated carbocycles. The van der Waals surface area contributed by atoms with Crippen LogP contribution in [-0.2, 0) is 4.74 Å². The van der Waals surface area contributed by atoms with Crippen LogP contribution in [0.25, 0.3) is 0 Å². The van der Waals surface area contributed by atoms with Gasteiger partial charge in [0, 0.05) is 37.8 Å². The Balaban J connectivity index is 2.14. The van der Waals surface area contributed by atoms with Gasteiger partial charge in [-0.1, -0.05) is 13.8 Å². The van der Waals surface area contributed by atoms with Crippen LogP contribution in [-0.4, -0.2) is 29.7 Å². The molecule has 0 fully saturated rings. The molecule has 1 aromatic heterocycles. The summed E-state index contributed by atoms with van der Waals surface area (Å²) in [4.78, 5) is 8.28. The van der Waals surface area contributed by atoms with Crippen molar-refractivity contribution in [2.24, 2.45) is 5.92 Å². The maximum absolute atomic E-state index is 5.48. The van der Waals surface area contributed by atoms with Crippen LogP contribution in [0.3, 0.4) is 0 Å². The monoisotopic (exact) mass is 223 g/mol. The predicted molar refractivity (Wildman–Crippen MR) is 64.1 cm³/mol. The average Bonchev–Trinajstić information content (AvgIpc) is 2.29. The highest BCUT2D eigenvalue weighted by Crippen LogP contribution is 2.05. The van der Waals surface area contributed by atoms with E-state index in [0.717, 1.165) is 25.5 Å². The number of hydrogen-bond donors (Lipinski definition) is 1. The van der Waals surface area contributed by atoms with E-state index < -0.39 is 0 Å². The topological polar surface area (TPSA) is 47.0 Å². The van der Waals surface area contributed by atoms with Crippen molar-refractivity contribution in [1.82, 2.24) is 15.3 Å². The molecule has 4 heteroatoms. The highest BCUT2D eigenvalue weighted by molar-refractivity contribution is 5.00. The molecule has 0 aliphatic carbocycles. The molecule has 1 unspecified atom stereocenters. The second kappa shape index (κ2) is 7.30. The molecule has 1 heterocycles. The van der Waals surface area contributed by atoms with Gasteiger partial charge in [0.1, 0.15) is 0 Å². The largest absolute Gasteiger partial charge is 0.380 e. The quantitative estimate of drug-likeness (QED) is 0.716. The summed E-state index contributed by atoms with van der Waals surface area (Å²) < 4.78 is 5.48. The van der Waals surface area contributed by atoms with Gasteiger partial charge in [-0.25, -0.2) is 0 Å². The van der Waals surface area contributed by atoms with Crippen LogP contribution >= 0.6 is 0 Å². The zero-order chi connectivity index (χ0) is 11.8. The van der Waals surface area contributed by atoms with Crippen LogP contribution in [0, 0.1) is 5.92 Å². The van der Waals surface area contributed by atoms with Crippen molar-refractivity contribution in [3.63, 3.8) is 0 Å². The van der Waals surface area contributed by atoms with Gasteiger partial charge in [0.25, 0.3) is 0 Å². The fourth-order valence-corrected chi connectivity index (χ4v) is 1.31. The first-order valence-electron chi connectivity index (χ1n) is 5.77. The third-order valence-corrected chi connectivity index (χ3v) is 2.17. The van der Waals surface area contributed by atoms with E-state index in [4.69, 9.17) is 4.74 Å². The van der Waals surface area contributed by atoms with E-state index in [-0.39, 0.29) is 6.04 Å². The van der Waals surface area contributed by atoms with E-state index >= 15 is 0 Å². The number of aromatic nitrogens is 2. The molecule has 0 spiro atoms. The first-order chi connectivity index (χ1) is 7.70. The molecule has 4 nitrogen and oxygen atoms in total. The van der Waals surface area contributed by atoms with Crippen molar-refractivity contribution in [3.05, 3.63) is 24.3 Å². The molecule has 1 rings (SSSR count). The molecule has 0 saturated heterocycles. The summed E-state index contributed by atoms with van der Waals surface area (Å²) in [7, 11) is 0. The Labute approximate surface area is 97.5 Å². The third-order valence-electron chi connectivity index (χ3n) is 2.17. The number of nitrogens with one attached hydrogen (secondary N) is 1. The van der Waals surface area contributed by atoms with Crippen molar-refractivity contribution in [1.29, 1.82) is 0 Å². The Morgan fingerprint density at radius 3 is 2.75 bits per heavy atom. The van der Waals surface area contributed by atoms with Gasteiger partial charge in [-0.3, -0.25) is 9.97 Å². The molecule has 0 bridgehead atoms. The second-order valence-corrected chi connectivity index (χ2v) is 4.27. The normalized spacial score (nSPS) is 13.0. The lowest BCUT2D eigenvalue weighted by Gasteiger charge is -2.13. The van der Waals surface area contributed by atoms with Gasteiger partial charge in [0.15, 0.2) is 0 Å². The maximum atomic E-state index is 5.48. The first-order valence-corrected chi connectivity index (χ1v) is 5.77. The Morgan fingerprint density at radius 2 is 2.12 bits per heavy atom. The van der Waals surface area contributed by atoms with E-state index in [1.165, 1.54) is 0 Å². The van der Waals surface area contributed by atoms with Crippen LogP contribution in [0.5, 0.6) is 0 Å². The standard InChI is InChI=1S/C12H21N3O/c1-10(2)9-16-7-6-14-11(3)12-8-13-4-5-15-12/h4-5,8,10-11,14H,6-7,9H2,1-3H3. The third kappa shape index (κ3) is 5.19. The molecule has 1 atom stereocenters. The van der Waals surface area contributed by atoms with Crippen LogP contribution in [0.1, 0.15) is 32.5 Å². The summed E-state index contributed by atoms with van der Waals surface area (Å²) in [6.07, 6.45) is 5.18. The Kier molecular flexibility index (Phi) is 5.96. The van der Waals surface area contributed by atoms with Crippen molar-refractivity contribution < 1.29 is 4.74 Å². The number of rotatable bonds is 7. The lowest BCUT2D eigenvalue weighted by molar-refractivity contribution is 0.110. The van der Waals surface area contributed by atoms with Crippen molar-refractivity contribution in [2.75, 3.05) is 19.8 Å². The number of nitrogens with zero attached hydrogens (tertiary/aromatic N) is 2. The molecule has 0 aromatic carbocycles. The molecular weight excluding hydrogens is 202 g/mol. The summed E-state index contributed by atoms with van der Waals surface area (Å²) in [6, 6.07) is 0.219. The van der Waals surface area contributed by atoms with Crippen molar-refractivity contribution >= 4 is 0 Å². The molecule has 0 amide bonds. The minimum Gasteiger partial charge on any atom is -0.380 e. The summed E-state index contributed by atoms with van der Waals surface area (Å²) in [5.74, 6) is 0.595. The van der Waals surface area contributed by atoms with E-state index in [1.54, 1.807) is 18.6 Å². The van der Waals surface area contributed by atoms with E-state index in [2.05, 4.69) is 36.1 Å². The maximum Gasteiger partial charge on any atom is 0.0753 e. The van der Waals surface area contributed by atoms with Gasteiger partial charge in [0.05, 0.1) is 12.3 Å².